The second kappa shape index (κ2) is 38.4. The first-order valence-electron chi connectivity index (χ1n) is 22.1. The normalized spacial score (nSPS) is 13.7. The number of phosphoric ester groups is 1. The van der Waals surface area contributed by atoms with Crippen molar-refractivity contribution in [2.75, 3.05) is 19.8 Å². The largest absolute Gasteiger partial charge is 0.480 e. The fraction of sp³-hybridized carbons (Fsp3) is 0.929. The van der Waals surface area contributed by atoms with E-state index in [0.717, 1.165) is 51.4 Å². The number of hydrogen-bond donors (Lipinski definition) is 4. The number of rotatable bonds is 42. The molecule has 320 valence electrons. The monoisotopic (exact) mass is 792 g/mol. The second-order valence-corrected chi connectivity index (χ2v) is 16.7. The van der Waals surface area contributed by atoms with Gasteiger partial charge in [-0.3, -0.25) is 18.6 Å². The maximum Gasteiger partial charge on any atom is 0.472 e. The summed E-state index contributed by atoms with van der Waals surface area (Å²) in [7, 11) is -4.74. The van der Waals surface area contributed by atoms with Gasteiger partial charge in [0.25, 0.3) is 0 Å². The van der Waals surface area contributed by atoms with Crippen molar-refractivity contribution < 1.29 is 47.8 Å². The van der Waals surface area contributed by atoms with Gasteiger partial charge in [0.15, 0.2) is 6.04 Å². The van der Waals surface area contributed by atoms with Gasteiger partial charge in [0.05, 0.1) is 13.2 Å². The van der Waals surface area contributed by atoms with Crippen molar-refractivity contribution in [1.82, 2.24) is 5.32 Å². The number of carboxylic acids is 1. The van der Waals surface area contributed by atoms with Crippen LogP contribution in [-0.2, 0) is 32.7 Å². The fourth-order valence-corrected chi connectivity index (χ4v) is 7.21. The highest BCUT2D eigenvalue weighted by Crippen LogP contribution is 2.43. The van der Waals surface area contributed by atoms with Gasteiger partial charge in [-0.15, -0.1) is 0 Å². The van der Waals surface area contributed by atoms with Crippen LogP contribution in [-0.4, -0.2) is 64.9 Å². The fourth-order valence-electron chi connectivity index (χ4n) is 6.43. The molecule has 4 N–H and O–H groups in total. The van der Waals surface area contributed by atoms with E-state index in [9.17, 15) is 34.1 Å². The van der Waals surface area contributed by atoms with Crippen molar-refractivity contribution in [3.63, 3.8) is 0 Å². The lowest BCUT2D eigenvalue weighted by atomic mass is 10.0. The molecule has 3 unspecified atom stereocenters. The number of phosphoric acid groups is 1. The number of hydrogen-bond acceptors (Lipinski definition) is 8. The Bertz CT molecular complexity index is 937. The van der Waals surface area contributed by atoms with Gasteiger partial charge in [0, 0.05) is 12.8 Å². The van der Waals surface area contributed by atoms with Gasteiger partial charge in [0.1, 0.15) is 12.7 Å². The first-order chi connectivity index (χ1) is 26.1. The maximum absolute atomic E-state index is 12.2. The molecular formula is C42H82NO10P. The summed E-state index contributed by atoms with van der Waals surface area (Å²) in [6.45, 7) is 2.52. The number of aliphatic hydroxyl groups is 1. The Hall–Kier alpha value is -1.52. The average Bonchev–Trinajstić information content (AvgIpc) is 3.14. The molecule has 0 aliphatic rings. The summed E-state index contributed by atoms with van der Waals surface area (Å²) in [5.74, 6) is -2.37. The molecule has 54 heavy (non-hydrogen) atoms. The maximum atomic E-state index is 12.2. The summed E-state index contributed by atoms with van der Waals surface area (Å²) >= 11 is 0. The van der Waals surface area contributed by atoms with Crippen LogP contribution in [0.2, 0.25) is 0 Å². The third kappa shape index (κ3) is 37.4. The highest BCUT2D eigenvalue weighted by molar-refractivity contribution is 7.47. The van der Waals surface area contributed by atoms with Gasteiger partial charge >= 0.3 is 19.8 Å². The minimum absolute atomic E-state index is 0.147. The molecule has 0 saturated heterocycles. The molecule has 0 spiro atoms. The number of aliphatic hydroxyl groups excluding tert-OH is 1. The Labute approximate surface area is 329 Å². The van der Waals surface area contributed by atoms with E-state index in [2.05, 4.69) is 19.2 Å². The van der Waals surface area contributed by atoms with Gasteiger partial charge in [-0.2, -0.15) is 0 Å². The van der Waals surface area contributed by atoms with Crippen molar-refractivity contribution in [3.8, 4) is 0 Å². The number of carbonyl (C=O) groups is 3. The Morgan fingerprint density at radius 2 is 0.852 bits per heavy atom. The number of aliphatic carboxylic acids is 1. The number of amides is 1. The zero-order chi connectivity index (χ0) is 40.0. The molecule has 0 heterocycles. The predicted molar refractivity (Wildman–Crippen MR) is 217 cm³/mol. The standard InChI is InChI=1S/C42H82NO10P/c1-3-5-7-9-11-12-13-14-15-16-17-18-19-20-21-22-23-24-25-26-27-28-30-32-34-41(46)51-35-38(44)36-52-54(49,50)53-37-39(42(47)48)43-40(45)33-31-29-10-8-6-4-2/h38-39,44H,3-37H2,1-2H3,(H,43,45)(H,47,48)(H,49,50). The summed E-state index contributed by atoms with van der Waals surface area (Å²) in [5, 5.41) is 21.7. The molecule has 0 aromatic heterocycles. The zero-order valence-electron chi connectivity index (χ0n) is 34.6. The molecule has 0 aromatic rings. The summed E-state index contributed by atoms with van der Waals surface area (Å²) < 4.78 is 26.7. The summed E-state index contributed by atoms with van der Waals surface area (Å²) in [5.41, 5.74) is 0. The molecular weight excluding hydrogens is 709 g/mol. The van der Waals surface area contributed by atoms with Crippen molar-refractivity contribution in [2.24, 2.45) is 0 Å². The number of esters is 1. The van der Waals surface area contributed by atoms with Crippen LogP contribution in [0.4, 0.5) is 0 Å². The van der Waals surface area contributed by atoms with Crippen LogP contribution in [0.5, 0.6) is 0 Å². The van der Waals surface area contributed by atoms with E-state index in [4.69, 9.17) is 13.8 Å². The molecule has 1 amide bonds. The molecule has 0 aliphatic heterocycles. The average molecular weight is 792 g/mol. The molecule has 0 saturated carbocycles. The zero-order valence-corrected chi connectivity index (χ0v) is 35.4. The highest BCUT2D eigenvalue weighted by Gasteiger charge is 2.28. The van der Waals surface area contributed by atoms with Crippen LogP contribution in [0.15, 0.2) is 0 Å². The van der Waals surface area contributed by atoms with E-state index in [0.29, 0.717) is 12.8 Å². The van der Waals surface area contributed by atoms with Gasteiger partial charge in [-0.1, -0.05) is 194 Å². The first-order valence-corrected chi connectivity index (χ1v) is 23.6. The predicted octanol–water partition coefficient (Wildman–Crippen LogP) is 11.1. The Morgan fingerprint density at radius 3 is 1.22 bits per heavy atom. The van der Waals surface area contributed by atoms with E-state index in [-0.39, 0.29) is 12.8 Å². The third-order valence-corrected chi connectivity index (χ3v) is 10.8. The van der Waals surface area contributed by atoms with Gasteiger partial charge in [0.2, 0.25) is 5.91 Å². The number of nitrogens with one attached hydrogen (secondary N) is 1. The van der Waals surface area contributed by atoms with Gasteiger partial charge in [-0.05, 0) is 12.8 Å². The van der Waals surface area contributed by atoms with Crippen LogP contribution in [0.25, 0.3) is 0 Å². The van der Waals surface area contributed by atoms with E-state index < -0.39 is 57.6 Å². The van der Waals surface area contributed by atoms with Crippen LogP contribution in [0, 0.1) is 0 Å². The number of carbonyl (C=O) groups excluding carboxylic acids is 2. The molecule has 3 atom stereocenters. The van der Waals surface area contributed by atoms with E-state index in [1.54, 1.807) is 0 Å². The topological polar surface area (TPSA) is 169 Å². The van der Waals surface area contributed by atoms with E-state index in [1.165, 1.54) is 128 Å². The molecule has 0 aliphatic carbocycles. The smallest absolute Gasteiger partial charge is 0.472 e. The SMILES string of the molecule is CCCCCCCCCCCCCCCCCCCCCCCCCCC(=O)OCC(O)COP(=O)(O)OCC(NC(=O)CCCCCCCC)C(=O)O. The molecule has 0 rings (SSSR count). The Kier molecular flexibility index (Phi) is 37.3. The quantitative estimate of drug-likeness (QED) is 0.0265. The summed E-state index contributed by atoms with van der Waals surface area (Å²) in [6.07, 6.45) is 36.3. The van der Waals surface area contributed by atoms with E-state index >= 15 is 0 Å². The van der Waals surface area contributed by atoms with Gasteiger partial charge < -0.3 is 25.2 Å². The Balaban J connectivity index is 3.68. The molecule has 0 radical (unpaired) electrons. The number of carboxylic acid groups (broad SMARTS) is 1. The summed E-state index contributed by atoms with van der Waals surface area (Å²) in [4.78, 5) is 45.5. The van der Waals surface area contributed by atoms with Gasteiger partial charge in [-0.25, -0.2) is 9.36 Å². The van der Waals surface area contributed by atoms with Crippen LogP contribution >= 0.6 is 7.82 Å². The summed E-state index contributed by atoms with van der Waals surface area (Å²) in [6, 6.07) is -1.54. The Morgan fingerprint density at radius 1 is 0.519 bits per heavy atom. The molecule has 0 bridgehead atoms. The third-order valence-electron chi connectivity index (χ3n) is 9.90. The number of unbranched alkanes of at least 4 members (excludes halogenated alkanes) is 28. The van der Waals surface area contributed by atoms with Crippen LogP contribution in [0.3, 0.4) is 0 Å². The lowest BCUT2D eigenvalue weighted by Crippen LogP contribution is -2.43. The lowest BCUT2D eigenvalue weighted by molar-refractivity contribution is -0.147. The van der Waals surface area contributed by atoms with Crippen molar-refractivity contribution >= 4 is 25.7 Å². The molecule has 0 fully saturated rings. The van der Waals surface area contributed by atoms with Crippen LogP contribution in [0.1, 0.15) is 219 Å². The number of ether oxygens (including phenoxy) is 1. The van der Waals surface area contributed by atoms with Crippen molar-refractivity contribution in [3.05, 3.63) is 0 Å². The first kappa shape index (κ1) is 52.5. The van der Waals surface area contributed by atoms with Crippen LogP contribution < -0.4 is 5.32 Å². The lowest BCUT2D eigenvalue weighted by Gasteiger charge is -2.18. The molecule has 11 nitrogen and oxygen atoms in total. The molecule has 12 heteroatoms. The van der Waals surface area contributed by atoms with Crippen molar-refractivity contribution in [1.29, 1.82) is 0 Å². The van der Waals surface area contributed by atoms with Crippen molar-refractivity contribution in [2.45, 2.75) is 231 Å². The molecule has 0 aromatic carbocycles. The highest BCUT2D eigenvalue weighted by atomic mass is 31.2. The second-order valence-electron chi connectivity index (χ2n) is 15.3. The minimum Gasteiger partial charge on any atom is -0.480 e. The van der Waals surface area contributed by atoms with E-state index in [1.807, 2.05) is 0 Å². The minimum atomic E-state index is -4.74.